The molecule has 0 spiro atoms. The molecular weight excluding hydrogens is 263 g/mol. The number of likely N-dealkylation sites (tertiary alicyclic amines) is 1. The number of aliphatic hydroxyl groups is 1. The van der Waals surface area contributed by atoms with Gasteiger partial charge in [0, 0.05) is 0 Å². The monoisotopic (exact) mass is 275 g/mol. The van der Waals surface area contributed by atoms with Gasteiger partial charge in [0.1, 0.15) is 6.61 Å². The maximum atomic E-state index is 12.3. The number of rotatable bonds is 2. The van der Waals surface area contributed by atoms with Crippen LogP contribution < -0.4 is 0 Å². The van der Waals surface area contributed by atoms with E-state index in [9.17, 15) is 23.1 Å². The lowest BCUT2D eigenvalue weighted by Crippen LogP contribution is -2.70. The van der Waals surface area contributed by atoms with Crippen LogP contribution in [0.1, 0.15) is 5.56 Å². The highest BCUT2D eigenvalue weighted by Crippen LogP contribution is 2.37. The summed E-state index contributed by atoms with van der Waals surface area (Å²) in [5.74, 6) is 0. The fraction of sp³-hybridized carbons (Fsp3) is 0.417. The minimum absolute atomic E-state index is 0.0133. The predicted molar refractivity (Wildman–Crippen MR) is 59.2 cm³/mol. The molecule has 1 heterocycles. The van der Waals surface area contributed by atoms with Crippen molar-refractivity contribution in [2.24, 2.45) is 0 Å². The van der Waals surface area contributed by atoms with Crippen molar-refractivity contribution in [2.45, 2.75) is 18.4 Å². The summed E-state index contributed by atoms with van der Waals surface area (Å²) in [6.07, 6.45) is -5.60. The van der Waals surface area contributed by atoms with Crippen LogP contribution in [0.2, 0.25) is 0 Å². The Hall–Kier alpha value is -1.76. The fourth-order valence-corrected chi connectivity index (χ4v) is 1.70. The second-order valence-electron chi connectivity index (χ2n) is 4.43. The summed E-state index contributed by atoms with van der Waals surface area (Å²) < 4.78 is 41.9. The predicted octanol–water partition coefficient (Wildman–Crippen LogP) is 1.93. The second kappa shape index (κ2) is 4.73. The zero-order valence-corrected chi connectivity index (χ0v) is 9.85. The van der Waals surface area contributed by atoms with E-state index in [2.05, 4.69) is 0 Å². The van der Waals surface area contributed by atoms with Crippen LogP contribution in [0.4, 0.5) is 18.0 Å². The van der Waals surface area contributed by atoms with Gasteiger partial charge in [0.2, 0.25) is 0 Å². The van der Waals surface area contributed by atoms with Crippen LogP contribution in [0.3, 0.4) is 0 Å². The summed E-state index contributed by atoms with van der Waals surface area (Å²) >= 11 is 0. The third-order valence-corrected chi connectivity index (χ3v) is 2.90. The maximum Gasteiger partial charge on any atom is 0.420 e. The smallest absolute Gasteiger partial charge is 0.420 e. The Morgan fingerprint density at radius 3 is 2.42 bits per heavy atom. The molecule has 1 aromatic rings. The maximum absolute atomic E-state index is 12.3. The van der Waals surface area contributed by atoms with Gasteiger partial charge < -0.3 is 14.7 Å². The van der Waals surface area contributed by atoms with Gasteiger partial charge >= 0.3 is 12.3 Å². The van der Waals surface area contributed by atoms with E-state index in [-0.39, 0.29) is 6.61 Å². The van der Waals surface area contributed by atoms with E-state index >= 15 is 0 Å². The molecule has 0 saturated carbocycles. The summed E-state index contributed by atoms with van der Waals surface area (Å²) in [6, 6.07) is 8.78. The van der Waals surface area contributed by atoms with Crippen LogP contribution in [-0.4, -0.2) is 41.0 Å². The van der Waals surface area contributed by atoms with Crippen molar-refractivity contribution in [3.05, 3.63) is 35.9 Å². The zero-order valence-electron chi connectivity index (χ0n) is 9.85. The highest BCUT2D eigenvalue weighted by molar-refractivity contribution is 5.69. The molecule has 1 amide bonds. The number of carbonyl (C=O) groups excluding carboxylic acids is 1. The SMILES string of the molecule is O=C(OCc1ccccc1)N1CC(O)(C(F)(F)F)C1. The number of amides is 1. The highest BCUT2D eigenvalue weighted by Gasteiger charge is 2.62. The van der Waals surface area contributed by atoms with Gasteiger partial charge in [0.15, 0.2) is 5.60 Å². The van der Waals surface area contributed by atoms with E-state index in [1.54, 1.807) is 30.3 Å². The van der Waals surface area contributed by atoms with Crippen molar-refractivity contribution >= 4 is 6.09 Å². The fourth-order valence-electron chi connectivity index (χ4n) is 1.70. The quantitative estimate of drug-likeness (QED) is 0.897. The molecule has 1 aromatic carbocycles. The molecule has 1 aliphatic heterocycles. The molecule has 4 nitrogen and oxygen atoms in total. The largest absolute Gasteiger partial charge is 0.445 e. The Labute approximate surface area is 107 Å². The normalized spacial score (nSPS) is 17.8. The van der Waals surface area contributed by atoms with Crippen LogP contribution in [0, 0.1) is 0 Å². The summed E-state index contributed by atoms with van der Waals surface area (Å²) in [4.78, 5) is 12.3. The first-order chi connectivity index (χ1) is 8.82. The Morgan fingerprint density at radius 2 is 1.89 bits per heavy atom. The van der Waals surface area contributed by atoms with Gasteiger partial charge in [-0.25, -0.2) is 4.79 Å². The lowest BCUT2D eigenvalue weighted by molar-refractivity contribution is -0.295. The molecule has 1 fully saturated rings. The highest BCUT2D eigenvalue weighted by atomic mass is 19.4. The van der Waals surface area contributed by atoms with Crippen LogP contribution >= 0.6 is 0 Å². The topological polar surface area (TPSA) is 49.8 Å². The molecule has 1 saturated heterocycles. The third-order valence-electron chi connectivity index (χ3n) is 2.90. The molecule has 0 unspecified atom stereocenters. The number of hydrogen-bond donors (Lipinski definition) is 1. The molecule has 0 aliphatic carbocycles. The van der Waals surface area contributed by atoms with Gasteiger partial charge in [-0.3, -0.25) is 0 Å². The van der Waals surface area contributed by atoms with Crippen LogP contribution in [0.5, 0.6) is 0 Å². The van der Waals surface area contributed by atoms with Crippen LogP contribution in [-0.2, 0) is 11.3 Å². The van der Waals surface area contributed by atoms with E-state index in [4.69, 9.17) is 4.74 Å². The summed E-state index contributed by atoms with van der Waals surface area (Å²) in [5, 5.41) is 9.18. The Bertz CT molecular complexity index is 455. The van der Waals surface area contributed by atoms with Crippen molar-refractivity contribution in [2.75, 3.05) is 13.1 Å². The molecule has 0 aromatic heterocycles. The molecule has 104 valence electrons. The zero-order chi connectivity index (χ0) is 14.1. The minimum atomic E-state index is -4.73. The van der Waals surface area contributed by atoms with E-state index in [0.717, 1.165) is 10.5 Å². The molecule has 1 N–H and O–H groups in total. The van der Waals surface area contributed by atoms with Gasteiger partial charge in [0.05, 0.1) is 13.1 Å². The summed E-state index contributed by atoms with van der Waals surface area (Å²) in [6.45, 7) is -1.59. The number of ether oxygens (including phenoxy) is 1. The van der Waals surface area contributed by atoms with Crippen molar-refractivity contribution in [3.8, 4) is 0 Å². The minimum Gasteiger partial charge on any atom is -0.445 e. The van der Waals surface area contributed by atoms with Crippen molar-refractivity contribution in [3.63, 3.8) is 0 Å². The average Bonchev–Trinajstić information content (AvgIpc) is 2.32. The first-order valence-electron chi connectivity index (χ1n) is 5.56. The van der Waals surface area contributed by atoms with Crippen molar-refractivity contribution < 1.29 is 27.8 Å². The number of carbonyl (C=O) groups is 1. The van der Waals surface area contributed by atoms with Gasteiger partial charge in [-0.15, -0.1) is 0 Å². The molecule has 0 bridgehead atoms. The second-order valence-corrected chi connectivity index (χ2v) is 4.43. The van der Waals surface area contributed by atoms with Crippen LogP contribution in [0.15, 0.2) is 30.3 Å². The Kier molecular flexibility index (Phi) is 3.40. The Balaban J connectivity index is 1.81. The molecule has 19 heavy (non-hydrogen) atoms. The molecular formula is C12H12F3NO3. The van der Waals surface area contributed by atoms with Gasteiger partial charge in [-0.1, -0.05) is 30.3 Å². The Morgan fingerprint density at radius 1 is 1.32 bits per heavy atom. The number of hydrogen-bond acceptors (Lipinski definition) is 3. The van der Waals surface area contributed by atoms with Gasteiger partial charge in [-0.05, 0) is 5.56 Å². The number of alkyl halides is 3. The number of benzene rings is 1. The molecule has 0 atom stereocenters. The number of nitrogens with zero attached hydrogens (tertiary/aromatic N) is 1. The first-order valence-corrected chi connectivity index (χ1v) is 5.56. The standard InChI is InChI=1S/C12H12F3NO3/c13-12(14,15)11(18)7-16(8-11)10(17)19-6-9-4-2-1-3-5-9/h1-5,18H,6-8H2. The van der Waals surface area contributed by atoms with Crippen LogP contribution in [0.25, 0.3) is 0 Å². The third kappa shape index (κ3) is 2.81. The first kappa shape index (κ1) is 13.7. The van der Waals surface area contributed by atoms with Crippen molar-refractivity contribution in [1.82, 2.24) is 4.90 Å². The van der Waals surface area contributed by atoms with E-state index in [1.165, 1.54) is 0 Å². The van der Waals surface area contributed by atoms with E-state index in [1.807, 2.05) is 0 Å². The molecule has 0 radical (unpaired) electrons. The lowest BCUT2D eigenvalue weighted by Gasteiger charge is -2.45. The molecule has 1 aliphatic rings. The lowest BCUT2D eigenvalue weighted by atomic mass is 9.94. The van der Waals surface area contributed by atoms with Gasteiger partial charge in [0.25, 0.3) is 0 Å². The number of β-amino-alcohol motifs (C(OH)–C–C–N with tert-alkyl or cyclic N) is 1. The van der Waals surface area contributed by atoms with Crippen molar-refractivity contribution in [1.29, 1.82) is 0 Å². The summed E-state index contributed by atoms with van der Waals surface area (Å²) in [5.41, 5.74) is -2.07. The summed E-state index contributed by atoms with van der Waals surface area (Å²) in [7, 11) is 0. The number of halogens is 3. The van der Waals surface area contributed by atoms with Gasteiger partial charge in [-0.2, -0.15) is 13.2 Å². The van der Waals surface area contributed by atoms with E-state index in [0.29, 0.717) is 0 Å². The molecule has 2 rings (SSSR count). The van der Waals surface area contributed by atoms with E-state index < -0.39 is 31.0 Å². The average molecular weight is 275 g/mol. The molecule has 7 heteroatoms.